The lowest BCUT2D eigenvalue weighted by atomic mass is 10.4. The number of hydrogen-bond acceptors (Lipinski definition) is 2. The average molecular weight is 206 g/mol. The highest BCUT2D eigenvalue weighted by atomic mass is 35.5. The number of carbonyl (C=O) groups excluding carboxylic acids is 1. The molecular formula is C6H5Cl2N3O. The molecule has 0 bridgehead atoms. The van der Waals surface area contributed by atoms with E-state index in [1.54, 1.807) is 0 Å². The van der Waals surface area contributed by atoms with Crippen LogP contribution in [0, 0.1) is 0 Å². The number of nitrogens with zero attached hydrogens (tertiary/aromatic N) is 1. The molecule has 6 heteroatoms. The van der Waals surface area contributed by atoms with Crippen molar-refractivity contribution in [3.8, 4) is 0 Å². The molecule has 0 aliphatic rings. The molecule has 3 N–H and O–H groups in total. The number of carbonyl (C=O) groups is 1. The summed E-state index contributed by atoms with van der Waals surface area (Å²) in [7, 11) is 0. The van der Waals surface area contributed by atoms with Gasteiger partial charge in [-0.1, -0.05) is 23.2 Å². The van der Waals surface area contributed by atoms with Gasteiger partial charge in [-0.05, 0) is 12.1 Å². The fraction of sp³-hybridized carbons (Fsp3) is 0. The number of rotatable bonds is 1. The summed E-state index contributed by atoms with van der Waals surface area (Å²) in [5.41, 5.74) is 5.29. The molecule has 0 spiro atoms. The van der Waals surface area contributed by atoms with Crippen molar-refractivity contribution in [2.75, 3.05) is 5.32 Å². The highest BCUT2D eigenvalue weighted by Crippen LogP contribution is 2.18. The zero-order valence-electron chi connectivity index (χ0n) is 5.84. The van der Waals surface area contributed by atoms with Gasteiger partial charge in [0.05, 0.1) is 0 Å². The molecule has 0 saturated carbocycles. The third-order valence-corrected chi connectivity index (χ3v) is 1.42. The average Bonchev–Trinajstić information content (AvgIpc) is 1.81. The van der Waals surface area contributed by atoms with E-state index in [9.17, 15) is 4.79 Å². The third-order valence-electron chi connectivity index (χ3n) is 1.03. The van der Waals surface area contributed by atoms with Crippen molar-refractivity contribution < 1.29 is 4.79 Å². The van der Waals surface area contributed by atoms with E-state index in [0.717, 1.165) is 0 Å². The van der Waals surface area contributed by atoms with E-state index in [4.69, 9.17) is 28.9 Å². The highest BCUT2D eigenvalue weighted by molar-refractivity contribution is 6.32. The number of primary amides is 1. The van der Waals surface area contributed by atoms with Crippen LogP contribution in [0.2, 0.25) is 10.3 Å². The Bertz CT molecular complexity index is 295. The summed E-state index contributed by atoms with van der Waals surface area (Å²) in [6, 6.07) is 2.21. The van der Waals surface area contributed by atoms with Crippen molar-refractivity contribution >= 4 is 34.9 Å². The van der Waals surface area contributed by atoms with Crippen LogP contribution in [-0.2, 0) is 0 Å². The Hall–Kier alpha value is -1.00. The van der Waals surface area contributed by atoms with E-state index in [2.05, 4.69) is 10.3 Å². The van der Waals surface area contributed by atoms with E-state index in [0.29, 0.717) is 5.69 Å². The first-order valence-electron chi connectivity index (χ1n) is 2.97. The Kier molecular flexibility index (Phi) is 2.73. The van der Waals surface area contributed by atoms with Gasteiger partial charge in [0, 0.05) is 5.69 Å². The van der Waals surface area contributed by atoms with Crippen LogP contribution in [0.3, 0.4) is 0 Å². The van der Waals surface area contributed by atoms with Crippen molar-refractivity contribution in [1.82, 2.24) is 4.98 Å². The number of anilines is 1. The molecule has 0 aliphatic heterocycles. The summed E-state index contributed by atoms with van der Waals surface area (Å²) in [4.78, 5) is 14.1. The number of aromatic nitrogens is 1. The number of amides is 2. The molecule has 2 amide bonds. The second-order valence-electron chi connectivity index (χ2n) is 1.99. The lowest BCUT2D eigenvalue weighted by molar-refractivity contribution is 0.259. The van der Waals surface area contributed by atoms with E-state index >= 15 is 0 Å². The lowest BCUT2D eigenvalue weighted by Crippen LogP contribution is -2.19. The minimum atomic E-state index is -0.673. The normalized spacial score (nSPS) is 9.50. The maximum atomic E-state index is 10.4. The van der Waals surface area contributed by atoms with Crippen molar-refractivity contribution in [1.29, 1.82) is 0 Å². The fourth-order valence-electron chi connectivity index (χ4n) is 0.679. The molecule has 0 radical (unpaired) electrons. The summed E-state index contributed by atoms with van der Waals surface area (Å²) in [5.74, 6) is 0. The van der Waals surface area contributed by atoms with Crippen LogP contribution in [-0.4, -0.2) is 11.0 Å². The Balaban J connectivity index is 2.93. The number of halogens is 2. The monoisotopic (exact) mass is 205 g/mol. The molecule has 0 unspecified atom stereocenters. The Morgan fingerprint density at radius 2 is 1.92 bits per heavy atom. The van der Waals surface area contributed by atoms with Crippen LogP contribution >= 0.6 is 23.2 Å². The molecule has 1 aromatic rings. The standard InChI is InChI=1S/C6H5Cl2N3O/c7-4-1-3(10-6(9)12)2-5(8)11-4/h1-2H,(H3,9,10,11,12). The second kappa shape index (κ2) is 3.60. The number of nitrogens with one attached hydrogen (secondary N) is 1. The van der Waals surface area contributed by atoms with Crippen molar-refractivity contribution in [3.63, 3.8) is 0 Å². The van der Waals surface area contributed by atoms with Crippen molar-refractivity contribution in [2.45, 2.75) is 0 Å². The molecule has 4 nitrogen and oxygen atoms in total. The van der Waals surface area contributed by atoms with Crippen molar-refractivity contribution in [2.24, 2.45) is 5.73 Å². The predicted molar refractivity (Wildman–Crippen MR) is 47.5 cm³/mol. The van der Waals surface area contributed by atoms with Crippen molar-refractivity contribution in [3.05, 3.63) is 22.4 Å². The minimum absolute atomic E-state index is 0.200. The SMILES string of the molecule is NC(=O)Nc1cc(Cl)nc(Cl)c1. The first-order valence-corrected chi connectivity index (χ1v) is 3.73. The quantitative estimate of drug-likeness (QED) is 0.688. The molecule has 0 atom stereocenters. The van der Waals surface area contributed by atoms with Gasteiger partial charge in [0.15, 0.2) is 0 Å². The van der Waals surface area contributed by atoms with Gasteiger partial charge in [-0.3, -0.25) is 0 Å². The van der Waals surface area contributed by atoms with Crippen LogP contribution in [0.5, 0.6) is 0 Å². The van der Waals surface area contributed by atoms with Crippen LogP contribution in [0.25, 0.3) is 0 Å². The third kappa shape index (κ3) is 2.56. The molecule has 0 saturated heterocycles. The molecule has 0 aromatic carbocycles. The topological polar surface area (TPSA) is 68.0 Å². The summed E-state index contributed by atoms with van der Waals surface area (Å²) >= 11 is 11.1. The maximum Gasteiger partial charge on any atom is 0.316 e. The Labute approximate surface area is 78.7 Å². The summed E-state index contributed by atoms with van der Waals surface area (Å²) in [6.07, 6.45) is 0. The maximum absolute atomic E-state index is 10.4. The zero-order chi connectivity index (χ0) is 9.14. The smallest absolute Gasteiger partial charge is 0.316 e. The first kappa shape index (κ1) is 9.09. The molecule has 1 rings (SSSR count). The van der Waals surface area contributed by atoms with E-state index in [-0.39, 0.29) is 10.3 Å². The van der Waals surface area contributed by atoms with E-state index in [1.165, 1.54) is 12.1 Å². The Morgan fingerprint density at radius 1 is 1.42 bits per heavy atom. The van der Waals surface area contributed by atoms with Crippen LogP contribution in [0.1, 0.15) is 0 Å². The molecule has 1 aromatic heterocycles. The summed E-state index contributed by atoms with van der Waals surface area (Å²) < 4.78 is 0. The zero-order valence-corrected chi connectivity index (χ0v) is 7.36. The second-order valence-corrected chi connectivity index (χ2v) is 2.77. The lowest BCUT2D eigenvalue weighted by Gasteiger charge is -2.01. The number of hydrogen-bond donors (Lipinski definition) is 2. The van der Waals surface area contributed by atoms with Crippen LogP contribution in [0.4, 0.5) is 10.5 Å². The molecule has 64 valence electrons. The largest absolute Gasteiger partial charge is 0.351 e. The van der Waals surface area contributed by atoms with Crippen LogP contribution < -0.4 is 11.1 Å². The number of nitrogens with two attached hydrogens (primary N) is 1. The molecule has 0 aliphatic carbocycles. The molecule has 0 fully saturated rings. The highest BCUT2D eigenvalue weighted by Gasteiger charge is 2.00. The van der Waals surface area contributed by atoms with Gasteiger partial charge >= 0.3 is 6.03 Å². The minimum Gasteiger partial charge on any atom is -0.351 e. The number of pyridine rings is 1. The fourth-order valence-corrected chi connectivity index (χ4v) is 1.14. The van der Waals surface area contributed by atoms with E-state index in [1.807, 2.05) is 0 Å². The Morgan fingerprint density at radius 3 is 2.33 bits per heavy atom. The summed E-state index contributed by atoms with van der Waals surface area (Å²) in [5, 5.41) is 2.72. The van der Waals surface area contributed by atoms with Gasteiger partial charge in [-0.15, -0.1) is 0 Å². The van der Waals surface area contributed by atoms with Crippen LogP contribution in [0.15, 0.2) is 12.1 Å². The summed E-state index contributed by atoms with van der Waals surface area (Å²) in [6.45, 7) is 0. The number of urea groups is 1. The first-order chi connectivity index (χ1) is 5.58. The van der Waals surface area contributed by atoms with Gasteiger partial charge in [0.1, 0.15) is 10.3 Å². The van der Waals surface area contributed by atoms with Gasteiger partial charge in [0.2, 0.25) is 0 Å². The van der Waals surface area contributed by atoms with Gasteiger partial charge in [-0.25, -0.2) is 9.78 Å². The molecular weight excluding hydrogens is 201 g/mol. The molecule has 1 heterocycles. The van der Waals surface area contributed by atoms with Gasteiger partial charge < -0.3 is 11.1 Å². The predicted octanol–water partition coefficient (Wildman–Crippen LogP) is 1.88. The van der Waals surface area contributed by atoms with Gasteiger partial charge in [-0.2, -0.15) is 0 Å². The van der Waals surface area contributed by atoms with Gasteiger partial charge in [0.25, 0.3) is 0 Å². The van der Waals surface area contributed by atoms with E-state index < -0.39 is 6.03 Å². The molecule has 12 heavy (non-hydrogen) atoms.